The van der Waals surface area contributed by atoms with Crippen molar-refractivity contribution in [2.45, 2.75) is 6.92 Å². The Bertz CT molecular complexity index is 400. The third-order valence-corrected chi connectivity index (χ3v) is 1.47. The van der Waals surface area contributed by atoms with E-state index < -0.39 is 0 Å². The number of fused-ring (bicyclic) bond motifs is 1. The second-order valence-corrected chi connectivity index (χ2v) is 2.36. The summed E-state index contributed by atoms with van der Waals surface area (Å²) in [5.41, 5.74) is 1.48. The van der Waals surface area contributed by atoms with Gasteiger partial charge >= 0.3 is 0 Å². The van der Waals surface area contributed by atoms with Crippen LogP contribution >= 0.6 is 0 Å². The molecule has 0 bridgehead atoms. The molecule has 11 heavy (non-hydrogen) atoms. The minimum absolute atomic E-state index is 0.672. The molecule has 0 atom stereocenters. The molecule has 1 aromatic rings. The molecule has 1 aromatic heterocycles. The summed E-state index contributed by atoms with van der Waals surface area (Å²) in [6.07, 6.45) is 5.78. The second-order valence-electron chi connectivity index (χ2n) is 2.36. The summed E-state index contributed by atoms with van der Waals surface area (Å²) in [6, 6.07) is 0. The van der Waals surface area contributed by atoms with Crippen molar-refractivity contribution in [3.8, 4) is 0 Å². The highest BCUT2D eigenvalue weighted by molar-refractivity contribution is 5.33. The molecular formula is C8H8N2O. The monoisotopic (exact) mass is 148 g/mol. The van der Waals surface area contributed by atoms with Crippen LogP contribution in [-0.4, -0.2) is 11.5 Å². The predicted octanol–water partition coefficient (Wildman–Crippen LogP) is -0.0471. The van der Waals surface area contributed by atoms with Gasteiger partial charge in [0.25, 0.3) is 0 Å². The van der Waals surface area contributed by atoms with Crippen molar-refractivity contribution < 1.29 is 4.42 Å². The third-order valence-electron chi connectivity index (χ3n) is 1.47. The number of hydrogen-bond acceptors (Lipinski definition) is 3. The van der Waals surface area contributed by atoms with Crippen LogP contribution in [0.5, 0.6) is 0 Å². The van der Waals surface area contributed by atoms with Crippen LogP contribution in [0.2, 0.25) is 0 Å². The molecule has 0 aliphatic carbocycles. The first kappa shape index (κ1) is 6.34. The van der Waals surface area contributed by atoms with E-state index in [0.29, 0.717) is 17.9 Å². The van der Waals surface area contributed by atoms with Gasteiger partial charge in [-0.2, -0.15) is 4.98 Å². The lowest BCUT2D eigenvalue weighted by Crippen LogP contribution is -2.21. The fourth-order valence-corrected chi connectivity index (χ4v) is 1.01. The van der Waals surface area contributed by atoms with E-state index in [0.717, 1.165) is 5.42 Å². The lowest BCUT2D eigenvalue weighted by atomic mass is 10.5. The van der Waals surface area contributed by atoms with Crippen molar-refractivity contribution >= 4 is 6.08 Å². The van der Waals surface area contributed by atoms with E-state index >= 15 is 0 Å². The van der Waals surface area contributed by atoms with E-state index in [-0.39, 0.29) is 0 Å². The highest BCUT2D eigenvalue weighted by atomic mass is 16.3. The first-order valence-electron chi connectivity index (χ1n) is 3.51. The quantitative estimate of drug-likeness (QED) is 0.517. The molecule has 1 aliphatic heterocycles. The zero-order valence-corrected chi connectivity index (χ0v) is 6.24. The summed E-state index contributed by atoms with van der Waals surface area (Å²) in [7, 11) is 0. The molecule has 56 valence electrons. The van der Waals surface area contributed by atoms with Crippen LogP contribution < -0.4 is 10.9 Å². The van der Waals surface area contributed by atoms with Crippen molar-refractivity contribution in [1.29, 1.82) is 0 Å². The van der Waals surface area contributed by atoms with Gasteiger partial charge in [0.2, 0.25) is 0 Å². The van der Waals surface area contributed by atoms with Crippen LogP contribution in [0.3, 0.4) is 0 Å². The molecule has 0 spiro atoms. The zero-order valence-electron chi connectivity index (χ0n) is 6.24. The standard InChI is InChI=1S/C8H8N2O/c1-6-10-8-7(11-6)4-2-3-5-9-8/h2-4H,5H2,1H3. The predicted molar refractivity (Wildman–Crippen MR) is 40.5 cm³/mol. The highest BCUT2D eigenvalue weighted by Crippen LogP contribution is 1.84. The summed E-state index contributed by atoms with van der Waals surface area (Å²) in [5, 5.41) is 0. The van der Waals surface area contributed by atoms with Gasteiger partial charge in [-0.3, -0.25) is 4.99 Å². The van der Waals surface area contributed by atoms with Crippen LogP contribution in [0.25, 0.3) is 6.08 Å². The molecular weight excluding hydrogens is 140 g/mol. The average molecular weight is 148 g/mol. The van der Waals surface area contributed by atoms with Crippen molar-refractivity contribution in [3.63, 3.8) is 0 Å². The van der Waals surface area contributed by atoms with E-state index in [2.05, 4.69) is 9.98 Å². The number of rotatable bonds is 0. The molecule has 0 amide bonds. The maximum absolute atomic E-state index is 5.27. The molecule has 2 heterocycles. The number of hydrogen-bond donors (Lipinski definition) is 0. The number of oxazole rings is 1. The van der Waals surface area contributed by atoms with Crippen LogP contribution in [-0.2, 0) is 0 Å². The normalized spacial score (nSPS) is 14.6. The molecule has 3 heteroatoms. The van der Waals surface area contributed by atoms with E-state index in [9.17, 15) is 0 Å². The second kappa shape index (κ2) is 2.34. The number of aryl methyl sites for hydroxylation is 1. The molecule has 0 unspecified atom stereocenters. The molecule has 0 fully saturated rings. The number of aromatic nitrogens is 1. The van der Waals surface area contributed by atoms with Gasteiger partial charge in [-0.1, -0.05) is 12.2 Å². The van der Waals surface area contributed by atoms with Crippen LogP contribution in [0, 0.1) is 6.92 Å². The minimum Gasteiger partial charge on any atom is -0.439 e. The van der Waals surface area contributed by atoms with Crippen molar-refractivity contribution in [2.75, 3.05) is 6.54 Å². The molecule has 0 aromatic carbocycles. The summed E-state index contributed by atoms with van der Waals surface area (Å²) in [4.78, 5) is 8.29. The maximum Gasteiger partial charge on any atom is 0.194 e. The van der Waals surface area contributed by atoms with Gasteiger partial charge in [0.05, 0.1) is 6.54 Å². The topological polar surface area (TPSA) is 38.4 Å². The van der Waals surface area contributed by atoms with E-state index in [1.807, 2.05) is 25.2 Å². The largest absolute Gasteiger partial charge is 0.439 e. The molecule has 0 saturated carbocycles. The Morgan fingerprint density at radius 1 is 1.55 bits per heavy atom. The smallest absolute Gasteiger partial charge is 0.194 e. The Morgan fingerprint density at radius 2 is 2.45 bits per heavy atom. The van der Waals surface area contributed by atoms with Gasteiger partial charge in [-0.25, -0.2) is 0 Å². The fraction of sp³-hybridized carbons (Fsp3) is 0.250. The molecule has 2 rings (SSSR count). The fourth-order valence-electron chi connectivity index (χ4n) is 1.01. The number of allylic oxidation sites excluding steroid dienone is 1. The van der Waals surface area contributed by atoms with Crippen LogP contribution in [0.15, 0.2) is 21.6 Å². The van der Waals surface area contributed by atoms with Crippen molar-refractivity contribution in [1.82, 2.24) is 4.98 Å². The summed E-state index contributed by atoms with van der Waals surface area (Å²) >= 11 is 0. The van der Waals surface area contributed by atoms with E-state index in [4.69, 9.17) is 4.42 Å². The Labute approximate surface area is 63.8 Å². The van der Waals surface area contributed by atoms with Gasteiger partial charge in [0, 0.05) is 6.92 Å². The molecule has 3 nitrogen and oxygen atoms in total. The lowest BCUT2D eigenvalue weighted by Gasteiger charge is -1.74. The lowest BCUT2D eigenvalue weighted by molar-refractivity contribution is 0.491. The van der Waals surface area contributed by atoms with E-state index in [1.165, 1.54) is 0 Å². The molecule has 0 radical (unpaired) electrons. The third kappa shape index (κ3) is 1.09. The van der Waals surface area contributed by atoms with Gasteiger partial charge in [0.1, 0.15) is 0 Å². The van der Waals surface area contributed by atoms with Crippen molar-refractivity contribution in [2.24, 2.45) is 4.99 Å². The van der Waals surface area contributed by atoms with Crippen molar-refractivity contribution in [3.05, 3.63) is 28.9 Å². The molecule has 1 aliphatic rings. The van der Waals surface area contributed by atoms with Gasteiger partial charge in [0.15, 0.2) is 16.8 Å². The van der Waals surface area contributed by atoms with Gasteiger partial charge < -0.3 is 4.42 Å². The first-order chi connectivity index (χ1) is 5.36. The summed E-state index contributed by atoms with van der Waals surface area (Å²) in [5.74, 6) is 0.672. The van der Waals surface area contributed by atoms with Gasteiger partial charge in [-0.15, -0.1) is 0 Å². The molecule has 0 saturated heterocycles. The maximum atomic E-state index is 5.27. The number of nitrogens with zero attached hydrogens (tertiary/aromatic N) is 2. The SMILES string of the molecule is Cc1nc2c(o1)=CC=CCN=2. The first-order valence-corrected chi connectivity index (χ1v) is 3.51. The Balaban J connectivity index is 2.79. The summed E-state index contributed by atoms with van der Waals surface area (Å²) in [6.45, 7) is 2.51. The van der Waals surface area contributed by atoms with Crippen LogP contribution in [0.1, 0.15) is 5.89 Å². The highest BCUT2D eigenvalue weighted by Gasteiger charge is 1.96. The zero-order chi connectivity index (χ0) is 7.68. The average Bonchev–Trinajstić information content (AvgIpc) is 2.17. The molecule has 0 N–H and O–H groups in total. The Kier molecular flexibility index (Phi) is 1.35. The van der Waals surface area contributed by atoms with Crippen LogP contribution in [0.4, 0.5) is 0 Å². The van der Waals surface area contributed by atoms with Gasteiger partial charge in [-0.05, 0) is 6.08 Å². The Hall–Kier alpha value is -1.38. The summed E-state index contributed by atoms with van der Waals surface area (Å²) < 4.78 is 5.27. The van der Waals surface area contributed by atoms with E-state index in [1.54, 1.807) is 0 Å². The Morgan fingerprint density at radius 3 is 3.36 bits per heavy atom. The minimum atomic E-state index is 0.672.